The molecule has 3 heteroatoms. The van der Waals surface area contributed by atoms with Crippen LogP contribution in [0.15, 0.2) is 0 Å². The van der Waals surface area contributed by atoms with Gasteiger partial charge in [0.15, 0.2) is 0 Å². The van der Waals surface area contributed by atoms with Crippen LogP contribution in [0.25, 0.3) is 0 Å². The Hall–Kier alpha value is 0.797. The zero-order valence-corrected chi connectivity index (χ0v) is 7.99. The molecule has 0 aromatic rings. The van der Waals surface area contributed by atoms with Gasteiger partial charge in [-0.3, -0.25) is 0 Å². The van der Waals surface area contributed by atoms with E-state index in [-0.39, 0.29) is 4.46 Å². The smallest absolute Gasteiger partial charge is 0.0942 e. The first-order chi connectivity index (χ1) is 3.72. The van der Waals surface area contributed by atoms with E-state index in [9.17, 15) is 0 Å². The fraction of sp³-hybridized carbons (Fsp3) is 1.00. The molecule has 0 rings (SSSR count). The largest absolute Gasteiger partial charge is 0.110 e. The highest BCUT2D eigenvalue weighted by atomic mass is 35.5. The molecule has 0 saturated heterocycles. The van der Waals surface area contributed by atoms with E-state index in [0.717, 1.165) is 0 Å². The summed E-state index contributed by atoms with van der Waals surface area (Å²) in [6, 6.07) is 2.43. The van der Waals surface area contributed by atoms with Crippen molar-refractivity contribution in [3.8, 4) is 0 Å². The maximum absolute atomic E-state index is 5.67. The molecule has 0 unspecified atom stereocenters. The molecule has 50 valence electrons. The summed E-state index contributed by atoms with van der Waals surface area (Å²) in [6.07, 6.45) is 0. The Morgan fingerprint density at radius 2 is 1.62 bits per heavy atom. The second-order valence-electron chi connectivity index (χ2n) is 1.91. The Morgan fingerprint density at radius 3 is 1.62 bits per heavy atom. The number of rotatable bonds is 3. The van der Waals surface area contributed by atoms with E-state index in [2.05, 4.69) is 13.8 Å². The molecule has 0 aromatic carbocycles. The van der Waals surface area contributed by atoms with Gasteiger partial charge in [-0.1, -0.05) is 25.9 Å². The second kappa shape index (κ2) is 4.65. The second-order valence-corrected chi connectivity index (χ2v) is 7.74. The van der Waals surface area contributed by atoms with E-state index in [0.29, 0.717) is 0 Å². The van der Waals surface area contributed by atoms with Crippen molar-refractivity contribution in [3.63, 3.8) is 0 Å². The van der Waals surface area contributed by atoms with Crippen LogP contribution in [0, 0.1) is 0 Å². The van der Waals surface area contributed by atoms with Crippen LogP contribution >= 0.6 is 23.2 Å². The van der Waals surface area contributed by atoms with Crippen LogP contribution < -0.4 is 0 Å². The van der Waals surface area contributed by atoms with Crippen LogP contribution in [0.5, 0.6) is 0 Å². The molecule has 0 fully saturated rings. The average Bonchev–Trinajstić information content (AvgIpc) is 1.69. The van der Waals surface area contributed by atoms with Crippen molar-refractivity contribution in [2.45, 2.75) is 30.4 Å². The summed E-state index contributed by atoms with van der Waals surface area (Å²) in [6.45, 7) is 4.33. The number of hydrogen-bond donors (Lipinski definition) is 0. The van der Waals surface area contributed by atoms with Gasteiger partial charge < -0.3 is 0 Å². The van der Waals surface area contributed by atoms with Gasteiger partial charge in [0.2, 0.25) is 0 Å². The van der Waals surface area contributed by atoms with Gasteiger partial charge in [0.1, 0.15) is 0 Å². The Morgan fingerprint density at radius 1 is 1.25 bits per heavy atom. The van der Waals surface area contributed by atoms with Gasteiger partial charge >= 0.3 is 0 Å². The maximum Gasteiger partial charge on any atom is 0.0942 e. The Bertz CT molecular complexity index is 52.4. The van der Waals surface area contributed by atoms with Crippen LogP contribution in [0.1, 0.15) is 13.8 Å². The van der Waals surface area contributed by atoms with Crippen molar-refractivity contribution in [2.75, 3.05) is 0 Å². The molecule has 0 aliphatic rings. The lowest BCUT2D eigenvalue weighted by Crippen LogP contribution is -2.18. The lowest BCUT2D eigenvalue weighted by Gasteiger charge is -2.09. The first-order valence-electron chi connectivity index (χ1n) is 3.00. The molecule has 0 aliphatic heterocycles. The number of alkyl halides is 2. The minimum Gasteiger partial charge on any atom is -0.110 e. The predicted octanol–water partition coefficient (Wildman–Crippen LogP) is 2.60. The Kier molecular flexibility index (Phi) is 5.12. The summed E-state index contributed by atoms with van der Waals surface area (Å²) < 4.78 is -0.0370. The molecule has 0 spiro atoms. The molecule has 0 aromatic heterocycles. The molecule has 0 saturated carbocycles. The van der Waals surface area contributed by atoms with Gasteiger partial charge in [0, 0.05) is 0 Å². The van der Waals surface area contributed by atoms with Gasteiger partial charge in [-0.15, -0.1) is 23.2 Å². The van der Waals surface area contributed by atoms with Crippen molar-refractivity contribution < 1.29 is 0 Å². The molecule has 8 heavy (non-hydrogen) atoms. The van der Waals surface area contributed by atoms with Gasteiger partial charge in [-0.2, -0.15) is 0 Å². The standard InChI is InChI=1S/C5H12Cl2Si/c1-3-8(4-2)5(6)7/h5,8H,3-4H2,1-2H3. The topological polar surface area (TPSA) is 0 Å². The molecule has 0 nitrogen and oxygen atoms in total. The summed E-state index contributed by atoms with van der Waals surface area (Å²) in [4.78, 5) is 0. The molecular formula is C5H12Cl2Si. The van der Waals surface area contributed by atoms with E-state index in [4.69, 9.17) is 23.2 Å². The highest BCUT2D eigenvalue weighted by Gasteiger charge is 2.12. The van der Waals surface area contributed by atoms with Crippen molar-refractivity contribution in [2.24, 2.45) is 0 Å². The molecule has 0 bridgehead atoms. The van der Waals surface area contributed by atoms with E-state index in [1.54, 1.807) is 0 Å². The van der Waals surface area contributed by atoms with Crippen molar-refractivity contribution in [1.29, 1.82) is 0 Å². The monoisotopic (exact) mass is 170 g/mol. The quantitative estimate of drug-likeness (QED) is 0.452. The fourth-order valence-electron chi connectivity index (χ4n) is 0.645. The lowest BCUT2D eigenvalue weighted by molar-refractivity contribution is 1.29. The van der Waals surface area contributed by atoms with Gasteiger partial charge in [0.05, 0.1) is 13.3 Å². The molecule has 0 N–H and O–H groups in total. The van der Waals surface area contributed by atoms with Crippen LogP contribution in [-0.2, 0) is 0 Å². The number of hydrogen-bond acceptors (Lipinski definition) is 0. The SMILES string of the molecule is CC[SiH](CC)C(Cl)Cl. The average molecular weight is 171 g/mol. The summed E-state index contributed by atoms with van der Waals surface area (Å²) >= 11 is 11.3. The van der Waals surface area contributed by atoms with Crippen molar-refractivity contribution >= 4 is 32.0 Å². The molecular weight excluding hydrogens is 159 g/mol. The van der Waals surface area contributed by atoms with E-state index >= 15 is 0 Å². The normalized spacial score (nSPS) is 11.2. The minimum atomic E-state index is -0.735. The van der Waals surface area contributed by atoms with Gasteiger partial charge in [-0.05, 0) is 0 Å². The van der Waals surface area contributed by atoms with Crippen LogP contribution in [0.4, 0.5) is 0 Å². The molecule has 0 amide bonds. The minimum absolute atomic E-state index is 0.0370. The van der Waals surface area contributed by atoms with Crippen molar-refractivity contribution in [3.05, 3.63) is 0 Å². The molecule has 0 radical (unpaired) electrons. The molecule has 0 atom stereocenters. The number of halogens is 2. The van der Waals surface area contributed by atoms with E-state index in [1.165, 1.54) is 12.1 Å². The maximum atomic E-state index is 5.67. The third kappa shape index (κ3) is 2.95. The van der Waals surface area contributed by atoms with E-state index < -0.39 is 8.80 Å². The fourth-order valence-corrected chi connectivity index (χ4v) is 4.07. The highest BCUT2D eigenvalue weighted by Crippen LogP contribution is 2.13. The van der Waals surface area contributed by atoms with Crippen molar-refractivity contribution in [1.82, 2.24) is 0 Å². The van der Waals surface area contributed by atoms with Crippen LogP contribution in [-0.4, -0.2) is 13.3 Å². The zero-order valence-electron chi connectivity index (χ0n) is 5.32. The Labute approximate surface area is 62.8 Å². The van der Waals surface area contributed by atoms with Crippen LogP contribution in [0.3, 0.4) is 0 Å². The molecule has 0 heterocycles. The van der Waals surface area contributed by atoms with E-state index in [1.807, 2.05) is 0 Å². The van der Waals surface area contributed by atoms with Crippen LogP contribution in [0.2, 0.25) is 12.1 Å². The zero-order chi connectivity index (χ0) is 6.57. The third-order valence-corrected chi connectivity index (χ3v) is 6.35. The highest BCUT2D eigenvalue weighted by molar-refractivity contribution is 6.79. The first-order valence-corrected chi connectivity index (χ1v) is 6.17. The molecule has 0 aliphatic carbocycles. The summed E-state index contributed by atoms with van der Waals surface area (Å²) in [7, 11) is -0.735. The predicted molar refractivity (Wildman–Crippen MR) is 43.6 cm³/mol. The summed E-state index contributed by atoms with van der Waals surface area (Å²) in [5.74, 6) is 0. The first kappa shape index (κ1) is 8.80. The third-order valence-electron chi connectivity index (χ3n) is 1.41. The summed E-state index contributed by atoms with van der Waals surface area (Å²) in [5.41, 5.74) is 0. The lowest BCUT2D eigenvalue weighted by atomic mass is 10.9. The van der Waals surface area contributed by atoms with Gasteiger partial charge in [0.25, 0.3) is 0 Å². The Balaban J connectivity index is 3.35. The summed E-state index contributed by atoms with van der Waals surface area (Å²) in [5, 5.41) is 0. The van der Waals surface area contributed by atoms with Gasteiger partial charge in [-0.25, -0.2) is 0 Å².